The second-order valence-electron chi connectivity index (χ2n) is 4.59. The summed E-state index contributed by atoms with van der Waals surface area (Å²) in [5, 5.41) is 0. The van der Waals surface area contributed by atoms with Gasteiger partial charge < -0.3 is 0 Å². The lowest BCUT2D eigenvalue weighted by molar-refractivity contribution is 0.222. The fraction of sp³-hybridized carbons (Fsp3) is 0.500. The molecule has 94 valence electrons. The molecular weight excluding hydrogens is 258 g/mol. The zero-order valence-corrected chi connectivity index (χ0v) is 11.6. The first-order chi connectivity index (χ1) is 7.87. The topological polar surface area (TPSA) is 37.4 Å². The molecule has 5 heteroatoms. The summed E-state index contributed by atoms with van der Waals surface area (Å²) < 4.78 is 25.8. The second kappa shape index (κ2) is 4.26. The van der Waals surface area contributed by atoms with Gasteiger partial charge in [0.1, 0.15) is 0 Å². The van der Waals surface area contributed by atoms with Gasteiger partial charge in [-0.3, -0.25) is 0 Å². The van der Waals surface area contributed by atoms with Gasteiger partial charge in [0.15, 0.2) is 0 Å². The quantitative estimate of drug-likeness (QED) is 0.793. The molecular formula is C12H16ClNO2S. The lowest BCUT2D eigenvalue weighted by Gasteiger charge is -2.44. The first-order valence-electron chi connectivity index (χ1n) is 5.63. The third-order valence-corrected chi connectivity index (χ3v) is 5.52. The van der Waals surface area contributed by atoms with Gasteiger partial charge in [-0.25, -0.2) is 8.42 Å². The van der Waals surface area contributed by atoms with Crippen LogP contribution >= 0.6 is 11.6 Å². The summed E-state index contributed by atoms with van der Waals surface area (Å²) in [6.07, 6.45) is 0.786. The van der Waals surface area contributed by atoms with Crippen LogP contribution in [0.2, 0.25) is 0 Å². The van der Waals surface area contributed by atoms with E-state index in [1.54, 1.807) is 24.3 Å². The number of hydrogen-bond acceptors (Lipinski definition) is 2. The zero-order valence-electron chi connectivity index (χ0n) is 9.98. The highest BCUT2D eigenvalue weighted by Crippen LogP contribution is 2.35. The van der Waals surface area contributed by atoms with Crippen molar-refractivity contribution >= 4 is 21.6 Å². The minimum absolute atomic E-state index is 0.345. The number of alkyl halides is 1. The highest BCUT2D eigenvalue weighted by atomic mass is 35.5. The predicted octanol–water partition coefficient (Wildman–Crippen LogP) is 2.39. The van der Waals surface area contributed by atoms with Crippen LogP contribution in [0.4, 0.5) is 0 Å². The normalized spacial score (nSPS) is 19.9. The molecule has 0 N–H and O–H groups in total. The summed E-state index contributed by atoms with van der Waals surface area (Å²) in [6.45, 7) is 4.71. The molecule has 3 nitrogen and oxygen atoms in total. The number of benzene rings is 1. The molecule has 1 saturated heterocycles. The van der Waals surface area contributed by atoms with E-state index >= 15 is 0 Å². The lowest BCUT2D eigenvalue weighted by atomic mass is 9.99. The molecule has 0 radical (unpaired) electrons. The molecule has 1 aromatic rings. The van der Waals surface area contributed by atoms with E-state index in [9.17, 15) is 8.42 Å². The molecule has 2 rings (SSSR count). The Hall–Kier alpha value is -0.580. The third kappa shape index (κ3) is 2.34. The Balaban J connectivity index is 2.19. The molecule has 1 fully saturated rings. The van der Waals surface area contributed by atoms with Crippen LogP contribution in [0.15, 0.2) is 29.2 Å². The maximum Gasteiger partial charge on any atom is 0.243 e. The molecule has 1 aromatic carbocycles. The smallest absolute Gasteiger partial charge is 0.207 e. The minimum atomic E-state index is -3.35. The van der Waals surface area contributed by atoms with E-state index in [-0.39, 0.29) is 4.87 Å². The Kier molecular flexibility index (Phi) is 3.23. The van der Waals surface area contributed by atoms with Crippen molar-refractivity contribution in [2.75, 3.05) is 13.1 Å². The summed E-state index contributed by atoms with van der Waals surface area (Å²) in [5.74, 6) is 0. The first kappa shape index (κ1) is 12.9. The van der Waals surface area contributed by atoms with Crippen LogP contribution in [0.3, 0.4) is 0 Å². The van der Waals surface area contributed by atoms with Gasteiger partial charge in [-0.2, -0.15) is 4.31 Å². The number of nitrogens with zero attached hydrogens (tertiary/aromatic N) is 1. The number of halogens is 1. The van der Waals surface area contributed by atoms with E-state index in [1.807, 2.05) is 13.8 Å². The second-order valence-corrected chi connectivity index (χ2v) is 7.33. The maximum atomic E-state index is 12.2. The fourth-order valence-electron chi connectivity index (χ4n) is 1.84. The van der Waals surface area contributed by atoms with Crippen molar-refractivity contribution < 1.29 is 8.42 Å². The van der Waals surface area contributed by atoms with Crippen LogP contribution < -0.4 is 0 Å². The van der Waals surface area contributed by atoms with Gasteiger partial charge in [-0.05, 0) is 25.5 Å². The van der Waals surface area contributed by atoms with Gasteiger partial charge in [0.05, 0.1) is 9.77 Å². The molecule has 0 bridgehead atoms. The van der Waals surface area contributed by atoms with Crippen LogP contribution in [0.1, 0.15) is 18.9 Å². The number of hydrogen-bond donors (Lipinski definition) is 0. The number of rotatable bonds is 3. The average Bonchev–Trinajstić information content (AvgIpc) is 2.25. The molecule has 0 unspecified atom stereocenters. The number of sulfonamides is 1. The van der Waals surface area contributed by atoms with Crippen LogP contribution in [0.25, 0.3) is 0 Å². The van der Waals surface area contributed by atoms with Crippen LogP contribution in [0.5, 0.6) is 0 Å². The van der Waals surface area contributed by atoms with Gasteiger partial charge in [0, 0.05) is 13.1 Å². The van der Waals surface area contributed by atoms with Gasteiger partial charge in [-0.15, -0.1) is 11.6 Å². The van der Waals surface area contributed by atoms with Crippen molar-refractivity contribution in [1.29, 1.82) is 0 Å². The molecule has 1 aliphatic rings. The van der Waals surface area contributed by atoms with Gasteiger partial charge in [-0.1, -0.05) is 24.6 Å². The predicted molar refractivity (Wildman–Crippen MR) is 68.8 cm³/mol. The van der Waals surface area contributed by atoms with Crippen molar-refractivity contribution in [2.24, 2.45) is 0 Å². The van der Waals surface area contributed by atoms with E-state index in [1.165, 1.54) is 4.31 Å². The Bertz CT molecular complexity index is 504. The lowest BCUT2D eigenvalue weighted by Crippen LogP contribution is -2.59. The van der Waals surface area contributed by atoms with Gasteiger partial charge in [0.25, 0.3) is 0 Å². The molecule has 0 spiro atoms. The Morgan fingerprint density at radius 2 is 1.82 bits per heavy atom. The van der Waals surface area contributed by atoms with Gasteiger partial charge >= 0.3 is 0 Å². The molecule has 1 heterocycles. The van der Waals surface area contributed by atoms with E-state index in [4.69, 9.17) is 11.6 Å². The fourth-order valence-corrected chi connectivity index (χ4v) is 3.88. The molecule has 0 atom stereocenters. The Labute approximate surface area is 107 Å². The highest BCUT2D eigenvalue weighted by molar-refractivity contribution is 7.89. The van der Waals surface area contributed by atoms with Crippen LogP contribution in [0, 0.1) is 6.92 Å². The van der Waals surface area contributed by atoms with Crippen LogP contribution in [-0.2, 0) is 10.0 Å². The summed E-state index contributed by atoms with van der Waals surface area (Å²) in [4.78, 5) is -0.0180. The van der Waals surface area contributed by atoms with E-state index in [0.717, 1.165) is 12.0 Å². The third-order valence-electron chi connectivity index (χ3n) is 3.21. The molecule has 1 aliphatic heterocycles. The van der Waals surface area contributed by atoms with E-state index in [0.29, 0.717) is 18.0 Å². The zero-order chi connectivity index (χ0) is 12.7. The summed E-state index contributed by atoms with van der Waals surface area (Å²) >= 11 is 6.20. The molecule has 0 aromatic heterocycles. The van der Waals surface area contributed by atoms with Crippen molar-refractivity contribution in [2.45, 2.75) is 30.0 Å². The van der Waals surface area contributed by atoms with Crippen molar-refractivity contribution in [1.82, 2.24) is 4.31 Å². The number of aryl methyl sites for hydroxylation is 1. The summed E-state index contributed by atoms with van der Waals surface area (Å²) in [5.41, 5.74) is 1.05. The van der Waals surface area contributed by atoms with Crippen LogP contribution in [-0.4, -0.2) is 30.7 Å². The molecule has 17 heavy (non-hydrogen) atoms. The van der Waals surface area contributed by atoms with Crippen molar-refractivity contribution in [3.05, 3.63) is 29.8 Å². The van der Waals surface area contributed by atoms with Crippen molar-refractivity contribution in [3.8, 4) is 0 Å². The first-order valence-corrected chi connectivity index (χ1v) is 7.45. The summed E-state index contributed by atoms with van der Waals surface area (Å²) in [7, 11) is -3.35. The largest absolute Gasteiger partial charge is 0.243 e. The van der Waals surface area contributed by atoms with Gasteiger partial charge in [0.2, 0.25) is 10.0 Å². The molecule has 0 saturated carbocycles. The minimum Gasteiger partial charge on any atom is -0.207 e. The monoisotopic (exact) mass is 273 g/mol. The maximum absolute atomic E-state index is 12.2. The Morgan fingerprint density at radius 1 is 1.29 bits per heavy atom. The summed E-state index contributed by atoms with van der Waals surface area (Å²) in [6, 6.07) is 6.90. The van der Waals surface area contributed by atoms with Crippen molar-refractivity contribution in [3.63, 3.8) is 0 Å². The molecule has 0 aliphatic carbocycles. The van der Waals surface area contributed by atoms with E-state index in [2.05, 4.69) is 0 Å². The Morgan fingerprint density at radius 3 is 2.29 bits per heavy atom. The van der Waals surface area contributed by atoms with E-state index < -0.39 is 10.0 Å². The SMILES string of the molecule is CCC1(Cl)CN(S(=O)(=O)c2ccc(C)cc2)C1. The highest BCUT2D eigenvalue weighted by Gasteiger charge is 2.45. The average molecular weight is 274 g/mol. The standard InChI is InChI=1S/C12H16ClNO2S/c1-3-12(13)8-14(9-12)17(15,16)11-6-4-10(2)5-7-11/h4-7H,3,8-9H2,1-2H3. The molecule has 0 amide bonds.